The van der Waals surface area contributed by atoms with Crippen LogP contribution in [0.4, 0.5) is 10.1 Å². The van der Waals surface area contributed by atoms with Gasteiger partial charge in [-0.2, -0.15) is 0 Å². The molecular weight excluding hydrogens is 331 g/mol. The van der Waals surface area contributed by atoms with Crippen molar-refractivity contribution in [3.63, 3.8) is 0 Å². The van der Waals surface area contributed by atoms with E-state index in [0.29, 0.717) is 18.7 Å². The third kappa shape index (κ3) is 3.21. The smallest absolute Gasteiger partial charge is 0.326 e. The molecule has 25 heavy (non-hydrogen) atoms. The zero-order valence-electron chi connectivity index (χ0n) is 13.7. The van der Waals surface area contributed by atoms with Crippen molar-refractivity contribution in [2.45, 2.75) is 25.0 Å². The third-order valence-corrected chi connectivity index (χ3v) is 4.81. The van der Waals surface area contributed by atoms with Crippen LogP contribution in [0.1, 0.15) is 12.8 Å². The predicted octanol–water partition coefficient (Wildman–Crippen LogP) is 0.879. The molecule has 0 saturated carbocycles. The van der Waals surface area contributed by atoms with Crippen LogP contribution < -0.4 is 4.90 Å². The largest absolute Gasteiger partial charge is 0.480 e. The number of hydrogen-bond acceptors (Lipinski definition) is 4. The highest BCUT2D eigenvalue weighted by atomic mass is 19.1. The van der Waals surface area contributed by atoms with E-state index in [4.69, 9.17) is 4.74 Å². The highest BCUT2D eigenvalue weighted by Gasteiger charge is 2.46. The fourth-order valence-corrected chi connectivity index (χ4v) is 3.43. The highest BCUT2D eigenvalue weighted by molar-refractivity contribution is 6.10. The minimum atomic E-state index is -1.10. The van der Waals surface area contributed by atoms with Crippen molar-refractivity contribution >= 4 is 23.5 Å². The number of aliphatic carboxylic acids is 1. The summed E-state index contributed by atoms with van der Waals surface area (Å²) in [7, 11) is 1.47. The van der Waals surface area contributed by atoms with Gasteiger partial charge in [0, 0.05) is 32.3 Å². The second-order valence-electron chi connectivity index (χ2n) is 6.25. The molecule has 3 rings (SSSR count). The molecule has 2 amide bonds. The van der Waals surface area contributed by atoms with Crippen molar-refractivity contribution in [3.05, 3.63) is 30.1 Å². The lowest BCUT2D eigenvalue weighted by Gasteiger charge is -2.24. The van der Waals surface area contributed by atoms with Gasteiger partial charge in [-0.3, -0.25) is 9.59 Å². The zero-order chi connectivity index (χ0) is 18.1. The van der Waals surface area contributed by atoms with Crippen molar-refractivity contribution < 1.29 is 28.6 Å². The van der Waals surface area contributed by atoms with E-state index in [2.05, 4.69) is 0 Å². The molecule has 2 heterocycles. The number of benzene rings is 1. The molecule has 0 spiro atoms. The number of carboxylic acid groups (broad SMARTS) is 1. The van der Waals surface area contributed by atoms with Gasteiger partial charge in [0.25, 0.3) is 0 Å². The number of carbonyl (C=O) groups excluding carboxylic acids is 2. The average molecular weight is 350 g/mol. The van der Waals surface area contributed by atoms with Crippen LogP contribution in [0.2, 0.25) is 0 Å². The van der Waals surface area contributed by atoms with Crippen molar-refractivity contribution in [2.75, 3.05) is 25.1 Å². The van der Waals surface area contributed by atoms with Gasteiger partial charge in [-0.05, 0) is 30.7 Å². The highest BCUT2D eigenvalue weighted by Crippen LogP contribution is 2.30. The summed E-state index contributed by atoms with van der Waals surface area (Å²) in [5.41, 5.74) is 0.521. The van der Waals surface area contributed by atoms with Gasteiger partial charge in [0.15, 0.2) is 0 Å². The molecule has 1 aromatic rings. The Morgan fingerprint density at radius 3 is 2.56 bits per heavy atom. The van der Waals surface area contributed by atoms with Crippen molar-refractivity contribution in [3.8, 4) is 0 Å². The zero-order valence-corrected chi connectivity index (χ0v) is 13.7. The number of halogens is 1. The molecule has 134 valence electrons. The van der Waals surface area contributed by atoms with Crippen LogP contribution in [0.3, 0.4) is 0 Å². The first-order chi connectivity index (χ1) is 11.9. The minimum Gasteiger partial charge on any atom is -0.480 e. The molecule has 1 aromatic carbocycles. The van der Waals surface area contributed by atoms with Crippen molar-refractivity contribution in [2.24, 2.45) is 5.92 Å². The normalized spacial score (nSPS) is 26.3. The molecule has 3 unspecified atom stereocenters. The van der Waals surface area contributed by atoms with Crippen LogP contribution in [0.15, 0.2) is 24.3 Å². The Kier molecular flexibility index (Phi) is 4.71. The standard InChI is InChI=1S/C17H19FN2O5/c1-25-12-8-14(17(23)24)20(9-12)16(22)13-6-7-19(15(13)21)11-4-2-10(18)3-5-11/h2-5,12-14H,6-9H2,1H3,(H,23,24). The maximum atomic E-state index is 13.0. The van der Waals surface area contributed by atoms with Crippen molar-refractivity contribution in [1.29, 1.82) is 0 Å². The number of carbonyl (C=O) groups is 3. The molecule has 1 N–H and O–H groups in total. The predicted molar refractivity (Wildman–Crippen MR) is 85.4 cm³/mol. The van der Waals surface area contributed by atoms with Crippen LogP contribution in [0, 0.1) is 11.7 Å². The minimum absolute atomic E-state index is 0.159. The summed E-state index contributed by atoms with van der Waals surface area (Å²) in [6.45, 7) is 0.493. The van der Waals surface area contributed by atoms with Crippen LogP contribution in [0.25, 0.3) is 0 Å². The van der Waals surface area contributed by atoms with Gasteiger partial charge in [0.05, 0.1) is 6.10 Å². The van der Waals surface area contributed by atoms with Crippen LogP contribution in [-0.4, -0.2) is 60.1 Å². The Bertz CT molecular complexity index is 693. The summed E-state index contributed by atoms with van der Waals surface area (Å²) in [5.74, 6) is -3.30. The van der Waals surface area contributed by atoms with E-state index in [1.165, 1.54) is 41.2 Å². The fraction of sp³-hybridized carbons (Fsp3) is 0.471. The lowest BCUT2D eigenvalue weighted by molar-refractivity contribution is -0.151. The van der Waals surface area contributed by atoms with E-state index in [9.17, 15) is 23.9 Å². The molecule has 0 aromatic heterocycles. The molecule has 2 saturated heterocycles. The number of likely N-dealkylation sites (tertiary alicyclic amines) is 1. The molecule has 0 aliphatic carbocycles. The van der Waals surface area contributed by atoms with Gasteiger partial charge in [0.2, 0.25) is 11.8 Å². The Hall–Kier alpha value is -2.48. The van der Waals surface area contributed by atoms with Gasteiger partial charge < -0.3 is 19.6 Å². The van der Waals surface area contributed by atoms with E-state index >= 15 is 0 Å². The van der Waals surface area contributed by atoms with E-state index in [0.717, 1.165) is 0 Å². The van der Waals surface area contributed by atoms with Gasteiger partial charge in [-0.1, -0.05) is 0 Å². The molecule has 0 bridgehead atoms. The number of ether oxygens (including phenoxy) is 1. The maximum Gasteiger partial charge on any atom is 0.326 e. The molecule has 2 aliphatic heterocycles. The summed E-state index contributed by atoms with van der Waals surface area (Å²) in [4.78, 5) is 39.5. The van der Waals surface area contributed by atoms with E-state index in [1.54, 1.807) is 0 Å². The van der Waals surface area contributed by atoms with Crippen LogP contribution in [-0.2, 0) is 19.1 Å². The number of anilines is 1. The molecule has 2 fully saturated rings. The van der Waals surface area contributed by atoms with Gasteiger partial charge in [0.1, 0.15) is 17.8 Å². The fourth-order valence-electron chi connectivity index (χ4n) is 3.43. The number of methoxy groups -OCH3 is 1. The maximum absolute atomic E-state index is 13.0. The summed E-state index contributed by atoms with van der Waals surface area (Å²) in [5, 5.41) is 9.33. The van der Waals surface area contributed by atoms with Gasteiger partial charge in [-0.25, -0.2) is 9.18 Å². The third-order valence-electron chi connectivity index (χ3n) is 4.81. The van der Waals surface area contributed by atoms with Gasteiger partial charge in [-0.15, -0.1) is 0 Å². The topological polar surface area (TPSA) is 87.2 Å². The Morgan fingerprint density at radius 2 is 1.96 bits per heavy atom. The Balaban J connectivity index is 1.75. The summed E-state index contributed by atoms with van der Waals surface area (Å²) >= 11 is 0. The van der Waals surface area contributed by atoms with E-state index < -0.39 is 29.7 Å². The van der Waals surface area contributed by atoms with Crippen LogP contribution >= 0.6 is 0 Å². The monoisotopic (exact) mass is 350 g/mol. The first-order valence-electron chi connectivity index (χ1n) is 8.05. The number of hydrogen-bond donors (Lipinski definition) is 1. The average Bonchev–Trinajstić information content (AvgIpc) is 3.19. The Labute approximate surface area is 144 Å². The SMILES string of the molecule is COC1CC(C(=O)O)N(C(=O)C2CCN(c3ccc(F)cc3)C2=O)C1. The first kappa shape index (κ1) is 17.3. The summed E-state index contributed by atoms with van der Waals surface area (Å²) < 4.78 is 18.2. The quantitative estimate of drug-likeness (QED) is 0.815. The molecule has 8 heteroatoms. The second kappa shape index (κ2) is 6.79. The number of rotatable bonds is 4. The molecule has 0 radical (unpaired) electrons. The lowest BCUT2D eigenvalue weighted by atomic mass is 10.1. The van der Waals surface area contributed by atoms with Crippen LogP contribution in [0.5, 0.6) is 0 Å². The summed E-state index contributed by atoms with van der Waals surface area (Å²) in [6, 6.07) is 4.49. The number of amides is 2. The molecular formula is C17H19FN2O5. The first-order valence-corrected chi connectivity index (χ1v) is 8.05. The number of carboxylic acids is 1. The lowest BCUT2D eigenvalue weighted by Crippen LogP contribution is -2.45. The molecule has 3 atom stereocenters. The van der Waals surface area contributed by atoms with Crippen molar-refractivity contribution in [1.82, 2.24) is 4.90 Å². The van der Waals surface area contributed by atoms with Gasteiger partial charge >= 0.3 is 5.97 Å². The van der Waals surface area contributed by atoms with E-state index in [-0.39, 0.29) is 25.0 Å². The molecule has 7 nitrogen and oxygen atoms in total. The molecule has 2 aliphatic rings. The Morgan fingerprint density at radius 1 is 1.28 bits per heavy atom. The van der Waals surface area contributed by atoms with E-state index in [1.807, 2.05) is 0 Å². The second-order valence-corrected chi connectivity index (χ2v) is 6.25. The summed E-state index contributed by atoms with van der Waals surface area (Å²) in [6.07, 6.45) is 0.158. The number of nitrogens with zero attached hydrogens (tertiary/aromatic N) is 2.